The van der Waals surface area contributed by atoms with Crippen LogP contribution in [-0.2, 0) is 0 Å². The van der Waals surface area contributed by atoms with Crippen LogP contribution >= 0.6 is 0 Å². The highest BCUT2D eigenvalue weighted by Gasteiger charge is 2.34. The van der Waals surface area contributed by atoms with E-state index < -0.39 is 0 Å². The topological polar surface area (TPSA) is 65.9 Å². The highest BCUT2D eigenvalue weighted by atomic mass is 19.1. The van der Waals surface area contributed by atoms with E-state index in [0.717, 1.165) is 19.0 Å². The summed E-state index contributed by atoms with van der Waals surface area (Å²) >= 11 is 0. The lowest BCUT2D eigenvalue weighted by Crippen LogP contribution is -2.50. The lowest BCUT2D eigenvalue weighted by atomic mass is 9.99. The van der Waals surface area contributed by atoms with Crippen LogP contribution < -0.4 is 4.74 Å². The number of amides is 1. The van der Waals surface area contributed by atoms with Crippen molar-refractivity contribution in [1.82, 2.24) is 14.8 Å². The van der Waals surface area contributed by atoms with Gasteiger partial charge in [0, 0.05) is 42.9 Å². The van der Waals surface area contributed by atoms with E-state index in [2.05, 4.69) is 35.7 Å². The summed E-state index contributed by atoms with van der Waals surface area (Å²) in [5.74, 6) is 6.40. The molecule has 1 N–H and O–H groups in total. The lowest BCUT2D eigenvalue weighted by Gasteiger charge is -2.38. The molecule has 1 aliphatic heterocycles. The smallest absolute Gasteiger partial charge is 0.259 e. The Morgan fingerprint density at radius 1 is 1.22 bits per heavy atom. The van der Waals surface area contributed by atoms with Crippen molar-refractivity contribution in [2.75, 3.05) is 33.3 Å². The van der Waals surface area contributed by atoms with Gasteiger partial charge in [-0.05, 0) is 57.0 Å². The number of aliphatic hydroxyl groups excluding tert-OH is 1. The maximum Gasteiger partial charge on any atom is 0.259 e. The number of halogens is 1. The average Bonchev–Trinajstić information content (AvgIpc) is 3.37. The molecule has 0 bridgehead atoms. The van der Waals surface area contributed by atoms with Crippen LogP contribution in [0.15, 0.2) is 36.5 Å². The molecule has 2 aromatic rings. The van der Waals surface area contributed by atoms with E-state index in [9.17, 15) is 14.3 Å². The zero-order valence-corrected chi connectivity index (χ0v) is 21.4. The van der Waals surface area contributed by atoms with Gasteiger partial charge in [-0.2, -0.15) is 0 Å². The third-order valence-corrected chi connectivity index (χ3v) is 7.23. The van der Waals surface area contributed by atoms with Crippen LogP contribution in [0.5, 0.6) is 5.88 Å². The van der Waals surface area contributed by atoms with Gasteiger partial charge in [0.2, 0.25) is 5.88 Å². The summed E-state index contributed by atoms with van der Waals surface area (Å²) in [5, 5.41) is 9.86. The zero-order valence-electron chi connectivity index (χ0n) is 21.4. The van der Waals surface area contributed by atoms with E-state index in [0.29, 0.717) is 23.2 Å². The van der Waals surface area contributed by atoms with Crippen LogP contribution in [0, 0.1) is 29.5 Å². The Morgan fingerprint density at radius 3 is 2.69 bits per heavy atom. The molecule has 1 fully saturated rings. The molecule has 3 atom stereocenters. The summed E-state index contributed by atoms with van der Waals surface area (Å²) in [4.78, 5) is 22.1. The first-order chi connectivity index (χ1) is 17.3. The van der Waals surface area contributed by atoms with Crippen molar-refractivity contribution >= 4 is 5.91 Å². The summed E-state index contributed by atoms with van der Waals surface area (Å²) in [6, 6.07) is 7.40. The van der Waals surface area contributed by atoms with Crippen LogP contribution in [0.1, 0.15) is 61.0 Å². The monoisotopic (exact) mass is 493 g/mol. The third-order valence-electron chi connectivity index (χ3n) is 7.23. The number of likely N-dealkylation sites (N-methyl/N-ethyl adjacent to an activating group) is 1. The summed E-state index contributed by atoms with van der Waals surface area (Å²) in [6.07, 6.45) is 6.62. The quantitative estimate of drug-likeness (QED) is 0.617. The minimum Gasteiger partial charge on any atom is -0.472 e. The van der Waals surface area contributed by atoms with Crippen molar-refractivity contribution < 1.29 is 19.0 Å². The second-order valence-electron chi connectivity index (χ2n) is 10.3. The highest BCUT2D eigenvalue weighted by molar-refractivity contribution is 5.97. The molecule has 1 aromatic heterocycles. The zero-order chi connectivity index (χ0) is 25.7. The summed E-state index contributed by atoms with van der Waals surface area (Å²) < 4.78 is 19.9. The number of benzene rings is 1. The normalized spacial score (nSPS) is 21.3. The van der Waals surface area contributed by atoms with Gasteiger partial charge in [-0.1, -0.05) is 37.7 Å². The van der Waals surface area contributed by atoms with Crippen molar-refractivity contribution in [3.8, 4) is 17.7 Å². The van der Waals surface area contributed by atoms with Crippen molar-refractivity contribution in [2.45, 2.75) is 51.7 Å². The number of carbonyl (C=O) groups is 1. The van der Waals surface area contributed by atoms with Gasteiger partial charge in [-0.3, -0.25) is 4.79 Å². The number of ether oxygens (including phenoxy) is 1. The number of aromatic nitrogens is 1. The SMILES string of the molecule is C[C@@H]1CN([C@H](C)CO)C(=O)c2cc(C#Cc3cccc(F)c3)cnc2O[C@@H]1CN(C)CC1CCCC1. The number of nitrogens with zero attached hydrogens (tertiary/aromatic N) is 3. The molecule has 2 heterocycles. The molecule has 1 amide bonds. The Balaban J connectivity index is 1.61. The Labute approximate surface area is 213 Å². The van der Waals surface area contributed by atoms with Crippen LogP contribution in [0.3, 0.4) is 0 Å². The summed E-state index contributed by atoms with van der Waals surface area (Å²) in [5.41, 5.74) is 1.41. The number of aliphatic hydroxyl groups is 1. The fraction of sp³-hybridized carbons (Fsp3) is 0.517. The summed E-state index contributed by atoms with van der Waals surface area (Å²) in [6.45, 7) is 6.04. The fourth-order valence-corrected chi connectivity index (χ4v) is 5.11. The molecule has 6 nitrogen and oxygen atoms in total. The fourth-order valence-electron chi connectivity index (χ4n) is 5.11. The first kappa shape index (κ1) is 26.1. The van der Waals surface area contributed by atoms with Gasteiger partial charge in [-0.15, -0.1) is 0 Å². The first-order valence-corrected chi connectivity index (χ1v) is 12.9. The second kappa shape index (κ2) is 11.9. The number of carbonyl (C=O) groups excluding carboxylic acids is 1. The van der Waals surface area contributed by atoms with Gasteiger partial charge in [0.05, 0.1) is 12.6 Å². The van der Waals surface area contributed by atoms with Crippen LogP contribution in [-0.4, -0.2) is 71.2 Å². The molecule has 1 saturated carbocycles. The molecule has 36 heavy (non-hydrogen) atoms. The average molecular weight is 494 g/mol. The molecule has 2 aliphatic rings. The van der Waals surface area contributed by atoms with E-state index in [-0.39, 0.29) is 42.3 Å². The minimum absolute atomic E-state index is 0.0522. The van der Waals surface area contributed by atoms with Crippen LogP contribution in [0.4, 0.5) is 4.39 Å². The van der Waals surface area contributed by atoms with E-state index in [1.165, 1.54) is 37.8 Å². The van der Waals surface area contributed by atoms with E-state index in [4.69, 9.17) is 4.74 Å². The molecule has 7 heteroatoms. The molecule has 192 valence electrons. The molecular formula is C29H36FN3O3. The standard InChI is InChI=1S/C29H36FN3O3/c1-20-16-33(21(2)19-34)29(35)26-14-24(12-11-22-9-6-10-25(30)13-22)15-31-28(26)36-27(20)18-32(3)17-23-7-4-5-8-23/h6,9-10,13-15,20-21,23,27,34H,4-5,7-8,16-19H2,1-3H3/t20-,21-,27-/m1/s1. The van der Waals surface area contributed by atoms with Gasteiger partial charge in [-0.25, -0.2) is 9.37 Å². The number of rotatable bonds is 6. The van der Waals surface area contributed by atoms with E-state index in [1.807, 2.05) is 6.92 Å². The highest BCUT2D eigenvalue weighted by Crippen LogP contribution is 2.29. The minimum atomic E-state index is -0.353. The number of pyridine rings is 1. The second-order valence-corrected chi connectivity index (χ2v) is 10.3. The number of hydrogen-bond donors (Lipinski definition) is 1. The summed E-state index contributed by atoms with van der Waals surface area (Å²) in [7, 11) is 2.13. The number of fused-ring (bicyclic) bond motifs is 1. The van der Waals surface area contributed by atoms with Crippen LogP contribution in [0.25, 0.3) is 0 Å². The number of hydrogen-bond acceptors (Lipinski definition) is 5. The van der Waals surface area contributed by atoms with Crippen molar-refractivity contribution in [3.05, 3.63) is 59.0 Å². The van der Waals surface area contributed by atoms with Crippen molar-refractivity contribution in [3.63, 3.8) is 0 Å². The molecule has 1 aromatic carbocycles. The molecular weight excluding hydrogens is 457 g/mol. The van der Waals surface area contributed by atoms with Crippen molar-refractivity contribution in [1.29, 1.82) is 0 Å². The lowest BCUT2D eigenvalue weighted by molar-refractivity contribution is 0.0320. The maximum absolute atomic E-state index is 13.6. The van der Waals surface area contributed by atoms with Gasteiger partial charge in [0.1, 0.15) is 17.5 Å². The van der Waals surface area contributed by atoms with Gasteiger partial charge >= 0.3 is 0 Å². The predicted octanol–water partition coefficient (Wildman–Crippen LogP) is 3.96. The predicted molar refractivity (Wildman–Crippen MR) is 137 cm³/mol. The van der Waals surface area contributed by atoms with Crippen LogP contribution in [0.2, 0.25) is 0 Å². The van der Waals surface area contributed by atoms with E-state index >= 15 is 0 Å². The third kappa shape index (κ3) is 6.43. The van der Waals surface area contributed by atoms with Crippen molar-refractivity contribution in [2.24, 2.45) is 11.8 Å². The maximum atomic E-state index is 13.6. The van der Waals surface area contributed by atoms with Gasteiger partial charge < -0.3 is 19.6 Å². The molecule has 0 radical (unpaired) electrons. The molecule has 0 spiro atoms. The Bertz CT molecular complexity index is 1120. The Kier molecular flexibility index (Phi) is 8.60. The van der Waals surface area contributed by atoms with Gasteiger partial charge in [0.25, 0.3) is 5.91 Å². The Hall–Kier alpha value is -2.95. The van der Waals surface area contributed by atoms with E-state index in [1.54, 1.807) is 29.3 Å². The molecule has 1 aliphatic carbocycles. The molecule has 0 unspecified atom stereocenters. The molecule has 4 rings (SSSR count). The Morgan fingerprint density at radius 2 is 1.97 bits per heavy atom. The largest absolute Gasteiger partial charge is 0.472 e. The first-order valence-electron chi connectivity index (χ1n) is 12.9. The molecule has 0 saturated heterocycles. The van der Waals surface area contributed by atoms with Gasteiger partial charge in [0.15, 0.2) is 0 Å².